The van der Waals surface area contributed by atoms with Gasteiger partial charge < -0.3 is 15.2 Å². The molecule has 3 N–H and O–H groups in total. The molecular formula is C14H17N3O3S. The number of rotatable bonds is 5. The van der Waals surface area contributed by atoms with Gasteiger partial charge in [-0.3, -0.25) is 5.43 Å². The van der Waals surface area contributed by atoms with Crippen molar-refractivity contribution in [2.45, 2.75) is 18.9 Å². The normalized spacial score (nSPS) is 17.8. The summed E-state index contributed by atoms with van der Waals surface area (Å²) in [6.07, 6.45) is 3.94. The van der Waals surface area contributed by atoms with Crippen molar-refractivity contribution in [3.8, 4) is 0 Å². The molecule has 1 aromatic carbocycles. The fourth-order valence-corrected chi connectivity index (χ4v) is 2.06. The van der Waals surface area contributed by atoms with Crippen molar-refractivity contribution in [2.24, 2.45) is 5.10 Å². The molecule has 0 bridgehead atoms. The molecule has 2 rings (SSSR count). The molecule has 112 valence electrons. The number of nitrogens with zero attached hydrogens (tertiary/aromatic N) is 1. The molecule has 0 radical (unpaired) electrons. The Morgan fingerprint density at radius 1 is 1.48 bits per heavy atom. The number of carboxylic acids is 1. The molecule has 0 aromatic heterocycles. The highest BCUT2D eigenvalue weighted by atomic mass is 32.1. The van der Waals surface area contributed by atoms with Gasteiger partial charge in [0.2, 0.25) is 0 Å². The van der Waals surface area contributed by atoms with Crippen LogP contribution in [0.2, 0.25) is 0 Å². The Hall–Kier alpha value is -1.99. The Labute approximate surface area is 128 Å². The van der Waals surface area contributed by atoms with E-state index in [4.69, 9.17) is 22.1 Å². The number of hydrogen-bond donors (Lipinski definition) is 3. The zero-order chi connectivity index (χ0) is 15.1. The maximum Gasteiger partial charge on any atom is 0.335 e. The van der Waals surface area contributed by atoms with Crippen LogP contribution in [0.15, 0.2) is 29.4 Å². The fourth-order valence-electron chi connectivity index (χ4n) is 1.93. The second-order valence-electron chi connectivity index (χ2n) is 4.64. The molecule has 1 aliphatic heterocycles. The highest BCUT2D eigenvalue weighted by molar-refractivity contribution is 7.80. The van der Waals surface area contributed by atoms with E-state index in [9.17, 15) is 4.79 Å². The first-order valence-electron chi connectivity index (χ1n) is 6.67. The van der Waals surface area contributed by atoms with Crippen LogP contribution >= 0.6 is 12.2 Å². The molecule has 0 spiro atoms. The molecule has 1 saturated heterocycles. The quantitative estimate of drug-likeness (QED) is 0.433. The van der Waals surface area contributed by atoms with Crippen LogP contribution in [-0.2, 0) is 4.74 Å². The average molecular weight is 307 g/mol. The van der Waals surface area contributed by atoms with Crippen LogP contribution in [0.5, 0.6) is 0 Å². The molecule has 0 saturated carbocycles. The predicted molar refractivity (Wildman–Crippen MR) is 83.7 cm³/mol. The van der Waals surface area contributed by atoms with E-state index in [1.165, 1.54) is 12.1 Å². The largest absolute Gasteiger partial charge is 0.478 e. The minimum atomic E-state index is -0.948. The second-order valence-corrected chi connectivity index (χ2v) is 5.05. The Balaban J connectivity index is 1.73. The molecular weight excluding hydrogens is 290 g/mol. The number of carboxylic acid groups (broad SMARTS) is 1. The van der Waals surface area contributed by atoms with Crippen LogP contribution < -0.4 is 10.7 Å². The monoisotopic (exact) mass is 307 g/mol. The maximum absolute atomic E-state index is 10.7. The number of nitrogens with one attached hydrogen (secondary N) is 2. The van der Waals surface area contributed by atoms with Gasteiger partial charge in [-0.1, -0.05) is 12.1 Å². The third-order valence-electron chi connectivity index (χ3n) is 3.05. The lowest BCUT2D eigenvalue weighted by Crippen LogP contribution is -2.37. The molecule has 6 nitrogen and oxygen atoms in total. The summed E-state index contributed by atoms with van der Waals surface area (Å²) in [7, 11) is 0. The topological polar surface area (TPSA) is 83.0 Å². The zero-order valence-electron chi connectivity index (χ0n) is 11.4. The number of thiocarbonyl (C=S) groups is 1. The summed E-state index contributed by atoms with van der Waals surface area (Å²) >= 11 is 5.09. The van der Waals surface area contributed by atoms with Crippen LogP contribution in [0.25, 0.3) is 0 Å². The summed E-state index contributed by atoms with van der Waals surface area (Å²) in [5, 5.41) is 16.3. The van der Waals surface area contributed by atoms with Crippen LogP contribution in [0.4, 0.5) is 0 Å². The van der Waals surface area contributed by atoms with Gasteiger partial charge in [-0.05, 0) is 42.8 Å². The maximum atomic E-state index is 10.7. The minimum Gasteiger partial charge on any atom is -0.478 e. The highest BCUT2D eigenvalue weighted by Crippen LogP contribution is 2.10. The van der Waals surface area contributed by atoms with Gasteiger partial charge in [0.1, 0.15) is 0 Å². The second kappa shape index (κ2) is 7.70. The van der Waals surface area contributed by atoms with E-state index in [2.05, 4.69) is 15.8 Å². The summed E-state index contributed by atoms with van der Waals surface area (Å²) < 4.78 is 5.47. The smallest absolute Gasteiger partial charge is 0.335 e. The lowest BCUT2D eigenvalue weighted by Gasteiger charge is -2.11. The predicted octanol–water partition coefficient (Wildman–Crippen LogP) is 1.36. The minimum absolute atomic E-state index is 0.220. The van der Waals surface area contributed by atoms with Crippen molar-refractivity contribution in [2.75, 3.05) is 13.2 Å². The van der Waals surface area contributed by atoms with Crippen LogP contribution in [0.3, 0.4) is 0 Å². The zero-order valence-corrected chi connectivity index (χ0v) is 12.2. The highest BCUT2D eigenvalue weighted by Gasteiger charge is 2.14. The van der Waals surface area contributed by atoms with Crippen LogP contribution in [0, 0.1) is 0 Å². The number of aromatic carboxylic acids is 1. The SMILES string of the molecule is O=C(O)c1ccc(C=NNC(=S)NCC2CCCO2)cc1. The summed E-state index contributed by atoms with van der Waals surface area (Å²) in [6, 6.07) is 6.41. The molecule has 21 heavy (non-hydrogen) atoms. The van der Waals surface area contributed by atoms with E-state index in [-0.39, 0.29) is 11.7 Å². The van der Waals surface area contributed by atoms with Gasteiger partial charge in [0.25, 0.3) is 0 Å². The van der Waals surface area contributed by atoms with Gasteiger partial charge in [-0.15, -0.1) is 0 Å². The lowest BCUT2D eigenvalue weighted by atomic mass is 10.1. The number of hydrogen-bond acceptors (Lipinski definition) is 4. The Morgan fingerprint density at radius 3 is 2.86 bits per heavy atom. The Kier molecular flexibility index (Phi) is 5.65. The van der Waals surface area contributed by atoms with Gasteiger partial charge in [-0.2, -0.15) is 5.10 Å². The van der Waals surface area contributed by atoms with E-state index in [1.807, 2.05) is 0 Å². The van der Waals surface area contributed by atoms with Crippen molar-refractivity contribution in [3.63, 3.8) is 0 Å². The molecule has 1 unspecified atom stereocenters. The van der Waals surface area contributed by atoms with Crippen molar-refractivity contribution in [3.05, 3.63) is 35.4 Å². The van der Waals surface area contributed by atoms with Crippen LogP contribution in [0.1, 0.15) is 28.8 Å². The summed E-state index contributed by atoms with van der Waals surface area (Å²) in [5.74, 6) is -0.948. The van der Waals surface area contributed by atoms with Crippen molar-refractivity contribution >= 4 is 29.5 Å². The molecule has 1 aromatic rings. The van der Waals surface area contributed by atoms with Gasteiger partial charge in [0.05, 0.1) is 17.9 Å². The first-order chi connectivity index (χ1) is 10.1. The number of benzene rings is 1. The van der Waals surface area contributed by atoms with Gasteiger partial charge in [0, 0.05) is 13.2 Å². The van der Waals surface area contributed by atoms with Crippen LogP contribution in [-0.4, -0.2) is 41.7 Å². The first-order valence-corrected chi connectivity index (χ1v) is 7.08. The molecule has 1 aliphatic rings. The molecule has 1 fully saturated rings. The number of ether oxygens (including phenoxy) is 1. The van der Waals surface area contributed by atoms with E-state index in [1.54, 1.807) is 18.3 Å². The standard InChI is InChI=1S/C14H17N3O3S/c18-13(19)11-5-3-10(4-6-11)8-16-17-14(21)15-9-12-2-1-7-20-12/h3-6,8,12H,1-2,7,9H2,(H,18,19)(H2,15,17,21). The number of carbonyl (C=O) groups is 1. The van der Waals surface area contributed by atoms with E-state index in [0.717, 1.165) is 25.0 Å². The third kappa shape index (κ3) is 5.13. The Morgan fingerprint density at radius 2 is 2.24 bits per heavy atom. The summed E-state index contributed by atoms with van der Waals surface area (Å²) in [6.45, 7) is 1.49. The lowest BCUT2D eigenvalue weighted by molar-refractivity contribution is 0.0697. The molecule has 1 heterocycles. The third-order valence-corrected chi connectivity index (χ3v) is 3.29. The van der Waals surface area contributed by atoms with Crippen molar-refractivity contribution < 1.29 is 14.6 Å². The summed E-state index contributed by atoms with van der Waals surface area (Å²) in [4.78, 5) is 10.7. The molecule has 0 aliphatic carbocycles. The van der Waals surface area contributed by atoms with Gasteiger partial charge in [-0.25, -0.2) is 4.79 Å². The molecule has 1 atom stereocenters. The van der Waals surface area contributed by atoms with Gasteiger partial charge in [0.15, 0.2) is 5.11 Å². The van der Waals surface area contributed by atoms with E-state index < -0.39 is 5.97 Å². The van der Waals surface area contributed by atoms with Crippen molar-refractivity contribution in [1.82, 2.24) is 10.7 Å². The average Bonchev–Trinajstić information content (AvgIpc) is 2.99. The van der Waals surface area contributed by atoms with Crippen molar-refractivity contribution in [1.29, 1.82) is 0 Å². The van der Waals surface area contributed by atoms with E-state index >= 15 is 0 Å². The van der Waals surface area contributed by atoms with Gasteiger partial charge >= 0.3 is 5.97 Å². The Bertz CT molecular complexity index is 525. The van der Waals surface area contributed by atoms with E-state index in [0.29, 0.717) is 11.7 Å². The first kappa shape index (κ1) is 15.4. The molecule has 7 heteroatoms. The summed E-state index contributed by atoms with van der Waals surface area (Å²) in [5.41, 5.74) is 3.74. The molecule has 0 amide bonds. The number of hydrazone groups is 1. The fraction of sp³-hybridized carbons (Fsp3) is 0.357.